The van der Waals surface area contributed by atoms with E-state index in [9.17, 15) is 4.79 Å². The molecule has 0 atom stereocenters. The van der Waals surface area contributed by atoms with Gasteiger partial charge in [0.05, 0.1) is 12.5 Å². The van der Waals surface area contributed by atoms with E-state index in [0.717, 1.165) is 5.56 Å². The van der Waals surface area contributed by atoms with Gasteiger partial charge in [0.25, 0.3) is 0 Å². The molecule has 3 heteroatoms. The molecule has 0 saturated heterocycles. The molecule has 2 aromatic carbocycles. The van der Waals surface area contributed by atoms with E-state index in [2.05, 4.69) is 0 Å². The minimum Gasteiger partial charge on any atom is -0.487 e. The fourth-order valence-electron chi connectivity index (χ4n) is 1.81. The molecule has 0 fully saturated rings. The first kappa shape index (κ1) is 14.1. The summed E-state index contributed by atoms with van der Waals surface area (Å²) < 4.78 is 11.0. The van der Waals surface area contributed by atoms with Gasteiger partial charge in [-0.05, 0) is 31.5 Å². The van der Waals surface area contributed by atoms with Crippen molar-refractivity contribution in [2.24, 2.45) is 0 Å². The Morgan fingerprint density at radius 2 is 1.55 bits per heavy atom. The third kappa shape index (κ3) is 4.12. The second kappa shape index (κ2) is 6.75. The van der Waals surface area contributed by atoms with Crippen LogP contribution in [0, 0.1) is 0 Å². The van der Waals surface area contributed by atoms with Gasteiger partial charge in [-0.2, -0.15) is 0 Å². The Morgan fingerprint density at radius 1 is 0.950 bits per heavy atom. The van der Waals surface area contributed by atoms with Gasteiger partial charge in [0.2, 0.25) is 0 Å². The average molecular weight is 270 g/mol. The summed E-state index contributed by atoms with van der Waals surface area (Å²) in [7, 11) is 0. The van der Waals surface area contributed by atoms with E-state index in [1.807, 2.05) is 56.3 Å². The zero-order valence-corrected chi connectivity index (χ0v) is 11.7. The Kier molecular flexibility index (Phi) is 4.77. The van der Waals surface area contributed by atoms with E-state index in [0.29, 0.717) is 11.5 Å². The van der Waals surface area contributed by atoms with Crippen LogP contribution < -0.4 is 9.47 Å². The van der Waals surface area contributed by atoms with Crippen LogP contribution in [0.5, 0.6) is 11.5 Å². The topological polar surface area (TPSA) is 35.5 Å². The van der Waals surface area contributed by atoms with Crippen LogP contribution in [0.3, 0.4) is 0 Å². The number of rotatable bonds is 5. The second-order valence-electron chi connectivity index (χ2n) is 4.75. The minimum atomic E-state index is -0.295. The van der Waals surface area contributed by atoms with Crippen molar-refractivity contribution in [2.75, 3.05) is 0 Å². The highest BCUT2D eigenvalue weighted by Gasteiger charge is 2.11. The highest BCUT2D eigenvalue weighted by molar-refractivity contribution is 5.75. The molecule has 2 rings (SSSR count). The zero-order chi connectivity index (χ0) is 14.4. The second-order valence-corrected chi connectivity index (χ2v) is 4.75. The summed E-state index contributed by atoms with van der Waals surface area (Å²) in [5.41, 5.74) is 0.930. The number of carbonyl (C=O) groups excluding carboxylic acids is 1. The van der Waals surface area contributed by atoms with Gasteiger partial charge >= 0.3 is 5.97 Å². The Bertz CT molecular complexity index is 561. The third-order valence-corrected chi connectivity index (χ3v) is 2.63. The van der Waals surface area contributed by atoms with Gasteiger partial charge in [-0.3, -0.25) is 4.79 Å². The smallest absolute Gasteiger partial charge is 0.315 e. The van der Waals surface area contributed by atoms with Gasteiger partial charge < -0.3 is 9.47 Å². The van der Waals surface area contributed by atoms with E-state index in [-0.39, 0.29) is 18.5 Å². The van der Waals surface area contributed by atoms with E-state index >= 15 is 0 Å². The highest BCUT2D eigenvalue weighted by Crippen LogP contribution is 2.27. The largest absolute Gasteiger partial charge is 0.487 e. The number of benzene rings is 2. The van der Waals surface area contributed by atoms with E-state index in [1.165, 1.54) is 0 Å². The van der Waals surface area contributed by atoms with Crippen LogP contribution in [-0.4, -0.2) is 12.1 Å². The maximum Gasteiger partial charge on any atom is 0.315 e. The lowest BCUT2D eigenvalue weighted by atomic mass is 10.1. The maximum absolute atomic E-state index is 11.9. The summed E-state index contributed by atoms with van der Waals surface area (Å²) in [5.74, 6) is 0.752. The minimum absolute atomic E-state index is 0.0315. The fraction of sp³-hybridized carbons (Fsp3) is 0.235. The van der Waals surface area contributed by atoms with E-state index in [4.69, 9.17) is 9.47 Å². The predicted molar refractivity (Wildman–Crippen MR) is 78.0 cm³/mol. The third-order valence-electron chi connectivity index (χ3n) is 2.63. The quantitative estimate of drug-likeness (QED) is 0.615. The normalized spacial score (nSPS) is 10.3. The lowest BCUT2D eigenvalue weighted by molar-refractivity contribution is -0.133. The van der Waals surface area contributed by atoms with Crippen molar-refractivity contribution in [1.29, 1.82) is 0 Å². The molecule has 0 heterocycles. The van der Waals surface area contributed by atoms with Crippen LogP contribution in [0.1, 0.15) is 19.4 Å². The molecule has 20 heavy (non-hydrogen) atoms. The summed E-state index contributed by atoms with van der Waals surface area (Å²) >= 11 is 0. The van der Waals surface area contributed by atoms with Crippen molar-refractivity contribution in [3.05, 3.63) is 60.2 Å². The van der Waals surface area contributed by atoms with Crippen LogP contribution in [0.4, 0.5) is 0 Å². The van der Waals surface area contributed by atoms with Crippen molar-refractivity contribution in [1.82, 2.24) is 0 Å². The Morgan fingerprint density at radius 3 is 2.20 bits per heavy atom. The molecule has 0 spiro atoms. The average Bonchev–Trinajstić information content (AvgIpc) is 2.41. The summed E-state index contributed by atoms with van der Waals surface area (Å²) in [6, 6.07) is 16.7. The molecule has 0 radical (unpaired) electrons. The van der Waals surface area contributed by atoms with Crippen LogP contribution in [0.15, 0.2) is 54.6 Å². The molecule has 2 aromatic rings. The van der Waals surface area contributed by atoms with Crippen LogP contribution in [0.2, 0.25) is 0 Å². The van der Waals surface area contributed by atoms with Crippen LogP contribution in [-0.2, 0) is 11.2 Å². The number of hydrogen-bond acceptors (Lipinski definition) is 3. The predicted octanol–water partition coefficient (Wildman–Crippen LogP) is 3.62. The molecular weight excluding hydrogens is 252 g/mol. The highest BCUT2D eigenvalue weighted by atomic mass is 16.6. The molecule has 0 N–H and O–H groups in total. The number of ether oxygens (including phenoxy) is 2. The van der Waals surface area contributed by atoms with Gasteiger partial charge in [-0.15, -0.1) is 0 Å². The molecule has 0 unspecified atom stereocenters. The SMILES string of the molecule is CC(C)Oc1ccccc1OC(=O)Cc1ccccc1. The Hall–Kier alpha value is -2.29. The van der Waals surface area contributed by atoms with Gasteiger partial charge in [0, 0.05) is 0 Å². The van der Waals surface area contributed by atoms with Gasteiger partial charge in [0.1, 0.15) is 0 Å². The van der Waals surface area contributed by atoms with E-state index < -0.39 is 0 Å². The molecule has 3 nitrogen and oxygen atoms in total. The van der Waals surface area contributed by atoms with Crippen LogP contribution in [0.25, 0.3) is 0 Å². The summed E-state index contributed by atoms with van der Waals surface area (Å²) in [6.07, 6.45) is 0.278. The van der Waals surface area contributed by atoms with Gasteiger partial charge in [-0.1, -0.05) is 42.5 Å². The molecule has 0 aliphatic rings. The van der Waals surface area contributed by atoms with Gasteiger partial charge in [0.15, 0.2) is 11.5 Å². The van der Waals surface area contributed by atoms with Crippen molar-refractivity contribution >= 4 is 5.97 Å². The van der Waals surface area contributed by atoms with Crippen LogP contribution >= 0.6 is 0 Å². The van der Waals surface area contributed by atoms with Crippen molar-refractivity contribution in [3.8, 4) is 11.5 Å². The first-order valence-corrected chi connectivity index (χ1v) is 6.65. The summed E-state index contributed by atoms with van der Waals surface area (Å²) in [5, 5.41) is 0. The maximum atomic E-state index is 11.9. The molecule has 0 amide bonds. The lowest BCUT2D eigenvalue weighted by Gasteiger charge is -2.13. The lowest BCUT2D eigenvalue weighted by Crippen LogP contribution is -2.13. The first-order valence-electron chi connectivity index (χ1n) is 6.65. The summed E-state index contributed by atoms with van der Waals surface area (Å²) in [6.45, 7) is 3.87. The zero-order valence-electron chi connectivity index (χ0n) is 11.7. The first-order chi connectivity index (χ1) is 9.65. The fourth-order valence-corrected chi connectivity index (χ4v) is 1.81. The summed E-state index contributed by atoms with van der Waals surface area (Å²) in [4.78, 5) is 11.9. The molecular formula is C17H18O3. The molecule has 0 aromatic heterocycles. The van der Waals surface area contributed by atoms with Crippen molar-refractivity contribution < 1.29 is 14.3 Å². The molecule has 104 valence electrons. The Labute approximate surface area is 119 Å². The van der Waals surface area contributed by atoms with Gasteiger partial charge in [-0.25, -0.2) is 0 Å². The number of carbonyl (C=O) groups is 1. The standard InChI is InChI=1S/C17H18O3/c1-13(2)19-15-10-6-7-11-16(15)20-17(18)12-14-8-4-3-5-9-14/h3-11,13H,12H2,1-2H3. The number of para-hydroxylation sites is 2. The van der Waals surface area contributed by atoms with Crippen molar-refractivity contribution in [2.45, 2.75) is 26.4 Å². The molecule has 0 saturated carbocycles. The monoisotopic (exact) mass is 270 g/mol. The van der Waals surface area contributed by atoms with E-state index in [1.54, 1.807) is 12.1 Å². The number of esters is 1. The Balaban J connectivity index is 2.04. The molecule has 0 bridgehead atoms. The van der Waals surface area contributed by atoms with Crippen molar-refractivity contribution in [3.63, 3.8) is 0 Å². The number of hydrogen-bond donors (Lipinski definition) is 0. The molecule has 0 aliphatic heterocycles. The molecule has 0 aliphatic carbocycles.